The van der Waals surface area contributed by atoms with Crippen LogP contribution in [0.3, 0.4) is 0 Å². The summed E-state index contributed by atoms with van der Waals surface area (Å²) in [6, 6.07) is 3.60. The molecule has 0 radical (unpaired) electrons. The second-order valence-corrected chi connectivity index (χ2v) is 2.89. The van der Waals surface area contributed by atoms with Crippen LogP contribution in [0.1, 0.15) is 24.8 Å². The third-order valence-electron chi connectivity index (χ3n) is 1.97. The van der Waals surface area contributed by atoms with Gasteiger partial charge in [-0.05, 0) is 24.1 Å². The largest absolute Gasteiger partial charge is 0.204 e. The van der Waals surface area contributed by atoms with Gasteiger partial charge in [0.15, 0.2) is 17.5 Å². The normalized spacial score (nSPS) is 12.2. The molecule has 1 atom stereocenters. The molecule has 0 saturated carbocycles. The van der Waals surface area contributed by atoms with Crippen molar-refractivity contribution in [1.29, 1.82) is 5.26 Å². The molecule has 0 aliphatic rings. The summed E-state index contributed by atoms with van der Waals surface area (Å²) in [6.07, 6.45) is 0.432. The van der Waals surface area contributed by atoms with Gasteiger partial charge in [0.25, 0.3) is 0 Å². The molecule has 1 nitrogen and oxygen atoms in total. The zero-order chi connectivity index (χ0) is 10.7. The molecular weight excluding hydrogens is 191 g/mol. The number of benzene rings is 1. The van der Waals surface area contributed by atoms with E-state index in [0.29, 0.717) is 6.42 Å². The van der Waals surface area contributed by atoms with E-state index in [4.69, 9.17) is 5.26 Å². The van der Waals surface area contributed by atoms with Gasteiger partial charge in [0.05, 0.1) is 12.0 Å². The number of rotatable bonds is 2. The molecule has 0 aliphatic carbocycles. The number of nitriles is 1. The minimum atomic E-state index is -1.50. The molecule has 0 bridgehead atoms. The Morgan fingerprint density at radius 1 is 1.29 bits per heavy atom. The van der Waals surface area contributed by atoms with Gasteiger partial charge in [0.2, 0.25) is 0 Å². The molecule has 0 heterocycles. The first-order chi connectivity index (χ1) is 6.60. The molecule has 14 heavy (non-hydrogen) atoms. The Morgan fingerprint density at radius 2 is 1.79 bits per heavy atom. The van der Waals surface area contributed by atoms with Gasteiger partial charge in [0, 0.05) is 0 Å². The molecule has 0 amide bonds. The van der Waals surface area contributed by atoms with Crippen LogP contribution in [0.25, 0.3) is 0 Å². The van der Waals surface area contributed by atoms with E-state index in [1.165, 1.54) is 0 Å². The topological polar surface area (TPSA) is 23.8 Å². The second-order valence-electron chi connectivity index (χ2n) is 2.89. The van der Waals surface area contributed by atoms with Crippen molar-refractivity contribution >= 4 is 0 Å². The molecule has 1 unspecified atom stereocenters. The van der Waals surface area contributed by atoms with Gasteiger partial charge in [0.1, 0.15) is 0 Å². The van der Waals surface area contributed by atoms with Crippen molar-refractivity contribution in [3.63, 3.8) is 0 Å². The molecule has 1 aromatic carbocycles. The lowest BCUT2D eigenvalue weighted by Gasteiger charge is -2.06. The van der Waals surface area contributed by atoms with Crippen molar-refractivity contribution in [3.05, 3.63) is 35.1 Å². The highest BCUT2D eigenvalue weighted by Gasteiger charge is 2.15. The third-order valence-corrected chi connectivity index (χ3v) is 1.97. The Hall–Kier alpha value is -1.50. The SMILES string of the molecule is CCC(C#N)c1cc(F)c(F)c(F)c1. The van der Waals surface area contributed by atoms with Crippen molar-refractivity contribution in [2.24, 2.45) is 0 Å². The van der Waals surface area contributed by atoms with E-state index in [-0.39, 0.29) is 5.56 Å². The van der Waals surface area contributed by atoms with Crippen molar-refractivity contribution in [1.82, 2.24) is 0 Å². The van der Waals surface area contributed by atoms with Crippen molar-refractivity contribution in [3.8, 4) is 6.07 Å². The highest BCUT2D eigenvalue weighted by molar-refractivity contribution is 5.27. The van der Waals surface area contributed by atoms with Crippen molar-refractivity contribution in [2.45, 2.75) is 19.3 Å². The summed E-state index contributed by atoms with van der Waals surface area (Å²) in [5.74, 6) is -4.61. The van der Waals surface area contributed by atoms with Gasteiger partial charge in [-0.3, -0.25) is 0 Å². The molecule has 0 N–H and O–H groups in total. The quantitative estimate of drug-likeness (QED) is 0.671. The molecular formula is C10H8F3N. The number of nitrogens with zero attached hydrogens (tertiary/aromatic N) is 1. The lowest BCUT2D eigenvalue weighted by molar-refractivity contribution is 0.444. The zero-order valence-electron chi connectivity index (χ0n) is 7.52. The fourth-order valence-electron chi connectivity index (χ4n) is 1.18. The van der Waals surface area contributed by atoms with E-state index < -0.39 is 23.4 Å². The predicted octanol–water partition coefficient (Wildman–Crippen LogP) is 3.12. The first-order valence-electron chi connectivity index (χ1n) is 4.14. The smallest absolute Gasteiger partial charge is 0.194 e. The van der Waals surface area contributed by atoms with Crippen molar-refractivity contribution in [2.75, 3.05) is 0 Å². The van der Waals surface area contributed by atoms with Crippen LogP contribution in [-0.2, 0) is 0 Å². The molecule has 0 spiro atoms. The average molecular weight is 199 g/mol. The summed E-state index contributed by atoms with van der Waals surface area (Å²) in [6.45, 7) is 1.72. The molecule has 0 aliphatic heterocycles. The summed E-state index contributed by atoms with van der Waals surface area (Å²) in [5.41, 5.74) is 0.173. The first kappa shape index (κ1) is 10.6. The highest BCUT2D eigenvalue weighted by atomic mass is 19.2. The predicted molar refractivity (Wildman–Crippen MR) is 45.0 cm³/mol. The molecule has 1 rings (SSSR count). The molecule has 0 fully saturated rings. The fourth-order valence-corrected chi connectivity index (χ4v) is 1.18. The summed E-state index contributed by atoms with van der Waals surface area (Å²) in [5, 5.41) is 8.64. The third kappa shape index (κ3) is 1.87. The standard InChI is InChI=1S/C10H8F3N/c1-2-6(5-14)7-3-8(11)10(13)9(12)4-7/h3-4,6H,2H2,1H3. The van der Waals surface area contributed by atoms with E-state index in [0.717, 1.165) is 12.1 Å². The van der Waals surface area contributed by atoms with Gasteiger partial charge in [-0.2, -0.15) is 5.26 Å². The Balaban J connectivity index is 3.19. The number of hydrogen-bond acceptors (Lipinski definition) is 1. The lowest BCUT2D eigenvalue weighted by Crippen LogP contribution is -1.99. The summed E-state index contributed by atoms with van der Waals surface area (Å²) in [4.78, 5) is 0. The van der Waals surface area contributed by atoms with Crippen LogP contribution in [0.15, 0.2) is 12.1 Å². The van der Waals surface area contributed by atoms with E-state index in [2.05, 4.69) is 0 Å². The molecule has 1 aromatic rings. The maximum atomic E-state index is 12.7. The maximum absolute atomic E-state index is 12.7. The zero-order valence-corrected chi connectivity index (χ0v) is 7.52. The highest BCUT2D eigenvalue weighted by Crippen LogP contribution is 2.22. The van der Waals surface area contributed by atoms with Crippen molar-refractivity contribution < 1.29 is 13.2 Å². The summed E-state index contributed by atoms with van der Waals surface area (Å²) >= 11 is 0. The van der Waals surface area contributed by atoms with Gasteiger partial charge < -0.3 is 0 Å². The van der Waals surface area contributed by atoms with E-state index in [1.54, 1.807) is 6.92 Å². The maximum Gasteiger partial charge on any atom is 0.194 e. The van der Waals surface area contributed by atoms with Gasteiger partial charge in [-0.15, -0.1) is 0 Å². The van der Waals surface area contributed by atoms with Crippen LogP contribution < -0.4 is 0 Å². The van der Waals surface area contributed by atoms with Crippen LogP contribution in [0.5, 0.6) is 0 Å². The molecule has 0 aromatic heterocycles. The van der Waals surface area contributed by atoms with Crippen LogP contribution in [0.4, 0.5) is 13.2 Å². The number of hydrogen-bond donors (Lipinski definition) is 0. The minimum absolute atomic E-state index is 0.173. The first-order valence-corrected chi connectivity index (χ1v) is 4.14. The summed E-state index contributed by atoms with van der Waals surface area (Å²) in [7, 11) is 0. The van der Waals surface area contributed by atoms with E-state index in [9.17, 15) is 13.2 Å². The Morgan fingerprint density at radius 3 is 2.14 bits per heavy atom. The Labute approximate surface area is 79.8 Å². The van der Waals surface area contributed by atoms with Crippen LogP contribution in [0.2, 0.25) is 0 Å². The van der Waals surface area contributed by atoms with Crippen LogP contribution in [-0.4, -0.2) is 0 Å². The molecule has 0 saturated heterocycles. The van der Waals surface area contributed by atoms with Gasteiger partial charge in [-0.25, -0.2) is 13.2 Å². The van der Waals surface area contributed by atoms with Gasteiger partial charge >= 0.3 is 0 Å². The summed E-state index contributed by atoms with van der Waals surface area (Å²) < 4.78 is 38.0. The Kier molecular flexibility index (Phi) is 3.13. The Bertz CT molecular complexity index is 358. The van der Waals surface area contributed by atoms with Crippen LogP contribution in [0, 0.1) is 28.8 Å². The fraction of sp³-hybridized carbons (Fsp3) is 0.300. The second kappa shape index (κ2) is 4.14. The molecule has 4 heteroatoms. The lowest BCUT2D eigenvalue weighted by atomic mass is 9.98. The van der Waals surface area contributed by atoms with E-state index in [1.807, 2.05) is 6.07 Å². The molecule has 74 valence electrons. The minimum Gasteiger partial charge on any atom is -0.204 e. The monoisotopic (exact) mass is 199 g/mol. The van der Waals surface area contributed by atoms with Crippen LogP contribution >= 0.6 is 0 Å². The average Bonchev–Trinajstić information content (AvgIpc) is 2.16. The van der Waals surface area contributed by atoms with Gasteiger partial charge in [-0.1, -0.05) is 6.92 Å². The number of halogens is 3. The van der Waals surface area contributed by atoms with E-state index >= 15 is 0 Å².